The van der Waals surface area contributed by atoms with E-state index in [0.29, 0.717) is 29.5 Å². The van der Waals surface area contributed by atoms with Gasteiger partial charge in [0.05, 0.1) is 12.1 Å². The molecule has 2 heterocycles. The van der Waals surface area contributed by atoms with Crippen LogP contribution in [0.15, 0.2) is 42.6 Å². The Labute approximate surface area is 169 Å². The number of rotatable bonds is 6. The van der Waals surface area contributed by atoms with Crippen molar-refractivity contribution in [2.45, 2.75) is 12.8 Å². The van der Waals surface area contributed by atoms with Crippen LogP contribution in [0.3, 0.4) is 0 Å². The van der Waals surface area contributed by atoms with Crippen molar-refractivity contribution < 1.29 is 14.3 Å². The molecular weight excluding hydrogens is 380 g/mol. The van der Waals surface area contributed by atoms with Crippen LogP contribution in [0.5, 0.6) is 5.75 Å². The fraction of sp³-hybridized carbons (Fsp3) is 0.350. The molecule has 3 rings (SSSR count). The third-order valence-corrected chi connectivity index (χ3v) is 4.90. The van der Waals surface area contributed by atoms with Gasteiger partial charge in [-0.25, -0.2) is 4.98 Å². The van der Waals surface area contributed by atoms with E-state index >= 15 is 0 Å². The van der Waals surface area contributed by atoms with Crippen LogP contribution in [0.2, 0.25) is 5.02 Å². The number of pyridine rings is 1. The van der Waals surface area contributed by atoms with Gasteiger partial charge in [0.1, 0.15) is 11.6 Å². The maximum absolute atomic E-state index is 12.4. The summed E-state index contributed by atoms with van der Waals surface area (Å²) in [4.78, 5) is 32.8. The number of halogens is 1. The monoisotopic (exact) mass is 402 g/mol. The lowest BCUT2D eigenvalue weighted by atomic mass is 10.2. The Bertz CT molecular complexity index is 823. The molecule has 8 heteroatoms. The molecule has 0 radical (unpaired) electrons. The second-order valence-corrected chi connectivity index (χ2v) is 6.86. The highest BCUT2D eigenvalue weighted by molar-refractivity contribution is 6.32. The van der Waals surface area contributed by atoms with Gasteiger partial charge in [-0.05, 0) is 30.3 Å². The van der Waals surface area contributed by atoms with Gasteiger partial charge in [0, 0.05) is 50.9 Å². The molecule has 2 amide bonds. The average molecular weight is 403 g/mol. The Morgan fingerprint density at radius 1 is 1.14 bits per heavy atom. The largest absolute Gasteiger partial charge is 0.495 e. The van der Waals surface area contributed by atoms with E-state index in [1.54, 1.807) is 29.3 Å². The Kier molecular flexibility index (Phi) is 6.71. The summed E-state index contributed by atoms with van der Waals surface area (Å²) in [5.74, 6) is 1.23. The van der Waals surface area contributed by atoms with Gasteiger partial charge >= 0.3 is 0 Å². The molecule has 2 aromatic rings. The highest BCUT2D eigenvalue weighted by Gasteiger charge is 2.22. The molecular formula is C20H23ClN4O3. The Morgan fingerprint density at radius 3 is 2.57 bits per heavy atom. The van der Waals surface area contributed by atoms with Crippen LogP contribution in [-0.2, 0) is 9.59 Å². The SMILES string of the molecule is COc1ccc(NC(=O)CCC(=O)N2CCN(c3ccccn3)CC2)cc1Cl. The topological polar surface area (TPSA) is 74.8 Å². The molecule has 1 saturated heterocycles. The molecule has 1 aromatic carbocycles. The number of amides is 2. The lowest BCUT2D eigenvalue weighted by molar-refractivity contribution is -0.133. The Hall–Kier alpha value is -2.80. The number of benzene rings is 1. The lowest BCUT2D eigenvalue weighted by Gasteiger charge is -2.35. The van der Waals surface area contributed by atoms with E-state index in [0.717, 1.165) is 18.9 Å². The quantitative estimate of drug-likeness (QED) is 0.804. The number of nitrogens with zero attached hydrogens (tertiary/aromatic N) is 3. The first-order valence-corrected chi connectivity index (χ1v) is 9.52. The second kappa shape index (κ2) is 9.41. The molecule has 0 aliphatic carbocycles. The van der Waals surface area contributed by atoms with E-state index in [4.69, 9.17) is 16.3 Å². The minimum absolute atomic E-state index is 0.0106. The van der Waals surface area contributed by atoms with E-state index in [9.17, 15) is 9.59 Å². The molecule has 7 nitrogen and oxygen atoms in total. The van der Waals surface area contributed by atoms with Gasteiger partial charge in [-0.1, -0.05) is 17.7 Å². The Morgan fingerprint density at radius 2 is 1.93 bits per heavy atom. The first-order valence-electron chi connectivity index (χ1n) is 9.14. The molecule has 1 N–H and O–H groups in total. The number of carbonyl (C=O) groups excluding carboxylic acids is 2. The molecule has 0 spiro atoms. The number of ether oxygens (including phenoxy) is 1. The van der Waals surface area contributed by atoms with E-state index in [-0.39, 0.29) is 24.7 Å². The molecule has 0 atom stereocenters. The fourth-order valence-electron chi connectivity index (χ4n) is 3.07. The van der Waals surface area contributed by atoms with Crippen molar-refractivity contribution in [3.63, 3.8) is 0 Å². The van der Waals surface area contributed by atoms with Gasteiger partial charge in [0.15, 0.2) is 0 Å². The van der Waals surface area contributed by atoms with Crippen molar-refractivity contribution in [1.82, 2.24) is 9.88 Å². The van der Waals surface area contributed by atoms with E-state index in [2.05, 4.69) is 15.2 Å². The number of nitrogens with one attached hydrogen (secondary N) is 1. The first kappa shape index (κ1) is 19.9. The highest BCUT2D eigenvalue weighted by Crippen LogP contribution is 2.27. The van der Waals surface area contributed by atoms with Crippen molar-refractivity contribution >= 4 is 34.9 Å². The highest BCUT2D eigenvalue weighted by atomic mass is 35.5. The first-order chi connectivity index (χ1) is 13.6. The van der Waals surface area contributed by atoms with Gasteiger partial charge < -0.3 is 19.9 Å². The summed E-state index contributed by atoms with van der Waals surface area (Å²) in [5, 5.41) is 3.17. The average Bonchev–Trinajstić information content (AvgIpc) is 2.73. The summed E-state index contributed by atoms with van der Waals surface area (Å²) < 4.78 is 5.08. The van der Waals surface area contributed by atoms with Gasteiger partial charge in [-0.15, -0.1) is 0 Å². The third kappa shape index (κ3) is 5.13. The van der Waals surface area contributed by atoms with Gasteiger partial charge in [-0.2, -0.15) is 0 Å². The summed E-state index contributed by atoms with van der Waals surface area (Å²) >= 11 is 6.05. The normalized spacial score (nSPS) is 13.9. The number of piperazine rings is 1. The standard InChI is InChI=1S/C20H23ClN4O3/c1-28-17-6-5-15(14-16(17)21)23-19(26)7-8-20(27)25-12-10-24(11-13-25)18-4-2-3-9-22-18/h2-6,9,14H,7-8,10-13H2,1H3,(H,23,26). The molecule has 148 valence electrons. The number of hydrogen-bond acceptors (Lipinski definition) is 5. The Balaban J connectivity index is 1.43. The van der Waals surface area contributed by atoms with Crippen molar-refractivity contribution in [3.8, 4) is 5.75 Å². The number of anilines is 2. The molecule has 0 saturated carbocycles. The molecule has 1 fully saturated rings. The molecule has 28 heavy (non-hydrogen) atoms. The van der Waals surface area contributed by atoms with E-state index in [1.165, 1.54) is 7.11 Å². The summed E-state index contributed by atoms with van der Waals surface area (Å²) in [6, 6.07) is 10.8. The summed E-state index contributed by atoms with van der Waals surface area (Å²) in [6.45, 7) is 2.73. The van der Waals surface area contributed by atoms with Crippen LogP contribution in [0.25, 0.3) is 0 Å². The van der Waals surface area contributed by atoms with Crippen LogP contribution in [0.4, 0.5) is 11.5 Å². The molecule has 0 unspecified atom stereocenters. The zero-order valence-corrected chi connectivity index (χ0v) is 16.5. The van der Waals surface area contributed by atoms with Gasteiger partial charge in [-0.3, -0.25) is 9.59 Å². The van der Waals surface area contributed by atoms with Crippen molar-refractivity contribution in [3.05, 3.63) is 47.6 Å². The maximum atomic E-state index is 12.4. The minimum atomic E-state index is -0.221. The van der Waals surface area contributed by atoms with E-state index < -0.39 is 0 Å². The zero-order chi connectivity index (χ0) is 19.9. The fourth-order valence-corrected chi connectivity index (χ4v) is 3.33. The van der Waals surface area contributed by atoms with Crippen LogP contribution < -0.4 is 15.0 Å². The van der Waals surface area contributed by atoms with Crippen LogP contribution in [-0.4, -0.2) is 55.0 Å². The van der Waals surface area contributed by atoms with Crippen molar-refractivity contribution in [2.75, 3.05) is 43.5 Å². The molecule has 0 bridgehead atoms. The van der Waals surface area contributed by atoms with Crippen LogP contribution >= 0.6 is 11.6 Å². The van der Waals surface area contributed by atoms with Crippen molar-refractivity contribution in [1.29, 1.82) is 0 Å². The predicted molar refractivity (Wildman–Crippen MR) is 109 cm³/mol. The van der Waals surface area contributed by atoms with Gasteiger partial charge in [0.2, 0.25) is 11.8 Å². The number of methoxy groups -OCH3 is 1. The lowest BCUT2D eigenvalue weighted by Crippen LogP contribution is -2.49. The van der Waals surface area contributed by atoms with E-state index in [1.807, 2.05) is 18.2 Å². The van der Waals surface area contributed by atoms with Gasteiger partial charge in [0.25, 0.3) is 0 Å². The third-order valence-electron chi connectivity index (χ3n) is 4.61. The van der Waals surface area contributed by atoms with Crippen LogP contribution in [0, 0.1) is 0 Å². The smallest absolute Gasteiger partial charge is 0.224 e. The molecule has 1 aliphatic heterocycles. The maximum Gasteiger partial charge on any atom is 0.224 e. The number of hydrogen-bond donors (Lipinski definition) is 1. The summed E-state index contributed by atoms with van der Waals surface area (Å²) in [6.07, 6.45) is 2.07. The summed E-state index contributed by atoms with van der Waals surface area (Å²) in [5.41, 5.74) is 0.576. The minimum Gasteiger partial charge on any atom is -0.495 e. The zero-order valence-electron chi connectivity index (χ0n) is 15.7. The number of aromatic nitrogens is 1. The van der Waals surface area contributed by atoms with Crippen molar-refractivity contribution in [2.24, 2.45) is 0 Å². The molecule has 1 aliphatic rings. The number of carbonyl (C=O) groups is 2. The second-order valence-electron chi connectivity index (χ2n) is 6.45. The predicted octanol–water partition coefficient (Wildman–Crippen LogP) is 2.81. The molecule has 1 aromatic heterocycles. The van der Waals surface area contributed by atoms with Crippen LogP contribution in [0.1, 0.15) is 12.8 Å². The summed E-state index contributed by atoms with van der Waals surface area (Å²) in [7, 11) is 1.53.